The smallest absolute Gasteiger partial charge is 0.327 e. The van der Waals surface area contributed by atoms with Crippen molar-refractivity contribution in [2.24, 2.45) is 0 Å². The Morgan fingerprint density at radius 1 is 1.20 bits per heavy atom. The molecule has 25 heavy (non-hydrogen) atoms. The van der Waals surface area contributed by atoms with Crippen molar-refractivity contribution in [1.82, 2.24) is 14.9 Å². The van der Waals surface area contributed by atoms with Gasteiger partial charge >= 0.3 is 6.18 Å². The number of fused-ring (bicyclic) bond motifs is 1. The molecule has 1 N–H and O–H groups in total. The van der Waals surface area contributed by atoms with Crippen molar-refractivity contribution in [3.05, 3.63) is 71.1 Å². The van der Waals surface area contributed by atoms with Gasteiger partial charge in [0.15, 0.2) is 0 Å². The molecule has 0 atom stereocenters. The van der Waals surface area contributed by atoms with E-state index in [1.54, 1.807) is 18.2 Å². The summed E-state index contributed by atoms with van der Waals surface area (Å²) in [7, 11) is 0. The summed E-state index contributed by atoms with van der Waals surface area (Å²) in [6.07, 6.45) is -0.182. The molecule has 0 bridgehead atoms. The molecule has 1 amide bonds. The molecule has 0 spiro atoms. The van der Waals surface area contributed by atoms with Gasteiger partial charge in [0.2, 0.25) is 0 Å². The van der Waals surface area contributed by atoms with E-state index in [4.69, 9.17) is 11.6 Å². The molecule has 0 aliphatic rings. The number of hydrogen-bond donors (Lipinski definition) is 1. The first-order valence-corrected chi connectivity index (χ1v) is 7.49. The van der Waals surface area contributed by atoms with Crippen molar-refractivity contribution in [2.75, 3.05) is 0 Å². The largest absolute Gasteiger partial charge is 0.416 e. The van der Waals surface area contributed by atoms with E-state index in [-0.39, 0.29) is 11.4 Å². The van der Waals surface area contributed by atoms with Crippen LogP contribution in [0.25, 0.3) is 17.2 Å². The number of carbonyl (C=O) groups excluding carboxylic acids is 1. The van der Waals surface area contributed by atoms with Crippen LogP contribution in [0.5, 0.6) is 0 Å². The predicted molar refractivity (Wildman–Crippen MR) is 89.0 cm³/mol. The monoisotopic (exact) mass is 365 g/mol. The maximum atomic E-state index is 12.7. The van der Waals surface area contributed by atoms with Gasteiger partial charge in [0, 0.05) is 23.0 Å². The fourth-order valence-electron chi connectivity index (χ4n) is 2.23. The number of hydrogen-bond acceptors (Lipinski definition) is 2. The van der Waals surface area contributed by atoms with Gasteiger partial charge < -0.3 is 9.88 Å². The first kappa shape index (κ1) is 17.0. The summed E-state index contributed by atoms with van der Waals surface area (Å²) < 4.78 is 39.6. The van der Waals surface area contributed by atoms with Crippen LogP contribution in [0.3, 0.4) is 0 Å². The van der Waals surface area contributed by atoms with Crippen LogP contribution < -0.4 is 5.32 Å². The molecule has 4 nitrogen and oxygen atoms in total. The van der Waals surface area contributed by atoms with Gasteiger partial charge in [0.1, 0.15) is 0 Å². The third-order valence-electron chi connectivity index (χ3n) is 3.44. The van der Waals surface area contributed by atoms with Crippen LogP contribution in [0.4, 0.5) is 13.2 Å². The number of carbonyl (C=O) groups is 1. The number of aromatic nitrogens is 2. The third kappa shape index (κ3) is 3.83. The second-order valence-electron chi connectivity index (χ2n) is 5.15. The Hall–Kier alpha value is -2.80. The molecule has 3 aromatic rings. The Bertz CT molecular complexity index is 963. The molecule has 0 saturated carbocycles. The molecule has 0 fully saturated rings. The Morgan fingerprint density at radius 2 is 2.00 bits per heavy atom. The normalized spacial score (nSPS) is 12.0. The van der Waals surface area contributed by atoms with Crippen LogP contribution in [0, 0.1) is 0 Å². The first-order chi connectivity index (χ1) is 11.8. The van der Waals surface area contributed by atoms with E-state index in [0.717, 1.165) is 12.1 Å². The summed E-state index contributed by atoms with van der Waals surface area (Å²) in [6, 6.07) is 9.73. The lowest BCUT2D eigenvalue weighted by atomic mass is 10.2. The van der Waals surface area contributed by atoms with Gasteiger partial charge in [-0.25, -0.2) is 4.98 Å². The van der Waals surface area contributed by atoms with E-state index in [9.17, 15) is 18.0 Å². The van der Waals surface area contributed by atoms with E-state index in [1.807, 2.05) is 0 Å². The fourth-order valence-corrected chi connectivity index (χ4v) is 2.42. The molecule has 2 aromatic carbocycles. The van der Waals surface area contributed by atoms with Crippen molar-refractivity contribution in [3.8, 4) is 0 Å². The van der Waals surface area contributed by atoms with Gasteiger partial charge in [-0.15, -0.1) is 0 Å². The molecule has 1 aromatic heterocycles. The molecule has 0 aliphatic carbocycles. The van der Waals surface area contributed by atoms with Crippen molar-refractivity contribution in [2.45, 2.75) is 6.18 Å². The van der Waals surface area contributed by atoms with Crippen LogP contribution in [0.2, 0.25) is 5.02 Å². The van der Waals surface area contributed by atoms with E-state index >= 15 is 0 Å². The molecule has 0 unspecified atom stereocenters. The van der Waals surface area contributed by atoms with Crippen molar-refractivity contribution >= 4 is 34.7 Å². The number of imidazole rings is 1. The standard InChI is InChI=1S/C17H11ClF3N3O/c18-13-3-1-2-11(8-13)16(25)22-6-7-24-10-23-14-9-12(17(19,20)21)4-5-15(14)24/h1-10H,(H,22,25)/b7-6+. The summed E-state index contributed by atoms with van der Waals surface area (Å²) in [5.74, 6) is -0.359. The minimum absolute atomic E-state index is 0.209. The van der Waals surface area contributed by atoms with Crippen LogP contribution in [-0.4, -0.2) is 15.5 Å². The van der Waals surface area contributed by atoms with E-state index < -0.39 is 11.7 Å². The zero-order valence-corrected chi connectivity index (χ0v) is 13.3. The lowest BCUT2D eigenvalue weighted by Gasteiger charge is -2.06. The summed E-state index contributed by atoms with van der Waals surface area (Å²) >= 11 is 5.82. The first-order valence-electron chi connectivity index (χ1n) is 7.11. The molecule has 3 rings (SSSR count). The molecule has 128 valence electrons. The predicted octanol–water partition coefficient (Wildman–Crippen LogP) is 4.57. The van der Waals surface area contributed by atoms with Crippen molar-refractivity contribution < 1.29 is 18.0 Å². The van der Waals surface area contributed by atoms with Crippen molar-refractivity contribution in [1.29, 1.82) is 0 Å². The maximum Gasteiger partial charge on any atom is 0.416 e. The van der Waals surface area contributed by atoms with E-state index in [0.29, 0.717) is 16.1 Å². The molecular formula is C17H11ClF3N3O. The summed E-state index contributed by atoms with van der Waals surface area (Å²) in [5, 5.41) is 3.00. The Kier molecular flexibility index (Phi) is 4.50. The summed E-state index contributed by atoms with van der Waals surface area (Å²) in [4.78, 5) is 15.9. The summed E-state index contributed by atoms with van der Waals surface area (Å²) in [5.41, 5.74) is 0.327. The van der Waals surface area contributed by atoms with Crippen LogP contribution in [0.1, 0.15) is 15.9 Å². The maximum absolute atomic E-state index is 12.7. The van der Waals surface area contributed by atoms with Gasteiger partial charge in [-0.3, -0.25) is 4.79 Å². The quantitative estimate of drug-likeness (QED) is 0.739. The van der Waals surface area contributed by atoms with Crippen LogP contribution in [0.15, 0.2) is 55.0 Å². The number of alkyl halides is 3. The number of nitrogens with one attached hydrogen (secondary N) is 1. The van der Waals surface area contributed by atoms with Crippen LogP contribution >= 0.6 is 11.6 Å². The van der Waals surface area contributed by atoms with Gasteiger partial charge in [0.05, 0.1) is 22.9 Å². The van der Waals surface area contributed by atoms with E-state index in [1.165, 1.54) is 35.4 Å². The Labute approximate surface area is 145 Å². The fraction of sp³-hybridized carbons (Fsp3) is 0.0588. The second-order valence-corrected chi connectivity index (χ2v) is 5.59. The highest BCUT2D eigenvalue weighted by atomic mass is 35.5. The lowest BCUT2D eigenvalue weighted by molar-refractivity contribution is -0.137. The highest BCUT2D eigenvalue weighted by Gasteiger charge is 2.30. The van der Waals surface area contributed by atoms with E-state index in [2.05, 4.69) is 10.3 Å². The second kappa shape index (κ2) is 6.60. The van der Waals surface area contributed by atoms with Crippen LogP contribution in [-0.2, 0) is 6.18 Å². The third-order valence-corrected chi connectivity index (χ3v) is 3.67. The SMILES string of the molecule is O=C(N/C=C/n1cnc2cc(C(F)(F)F)ccc21)c1cccc(Cl)c1. The number of amides is 1. The van der Waals surface area contributed by atoms with Gasteiger partial charge in [-0.05, 0) is 36.4 Å². The highest BCUT2D eigenvalue weighted by molar-refractivity contribution is 6.30. The lowest BCUT2D eigenvalue weighted by Crippen LogP contribution is -2.17. The number of benzene rings is 2. The number of rotatable bonds is 3. The van der Waals surface area contributed by atoms with Gasteiger partial charge in [-0.1, -0.05) is 17.7 Å². The Morgan fingerprint density at radius 3 is 2.72 bits per heavy atom. The zero-order valence-electron chi connectivity index (χ0n) is 12.6. The van der Waals surface area contributed by atoms with Crippen molar-refractivity contribution in [3.63, 3.8) is 0 Å². The molecule has 0 saturated heterocycles. The molecule has 1 heterocycles. The minimum atomic E-state index is -4.42. The highest BCUT2D eigenvalue weighted by Crippen LogP contribution is 2.31. The summed E-state index contributed by atoms with van der Waals surface area (Å²) in [6.45, 7) is 0. The number of halogens is 4. The van der Waals surface area contributed by atoms with Gasteiger partial charge in [0.25, 0.3) is 5.91 Å². The molecule has 8 heteroatoms. The zero-order chi connectivity index (χ0) is 18.0. The van der Waals surface area contributed by atoms with Gasteiger partial charge in [-0.2, -0.15) is 13.2 Å². The topological polar surface area (TPSA) is 46.9 Å². The average molecular weight is 366 g/mol. The molecular weight excluding hydrogens is 355 g/mol. The Balaban J connectivity index is 1.76. The minimum Gasteiger partial charge on any atom is -0.327 e. The average Bonchev–Trinajstić information content (AvgIpc) is 2.96. The molecule has 0 radical (unpaired) electrons. The number of nitrogens with zero attached hydrogens (tertiary/aromatic N) is 2. The molecule has 0 aliphatic heterocycles.